The van der Waals surface area contributed by atoms with Crippen molar-refractivity contribution in [1.82, 2.24) is 4.98 Å². The van der Waals surface area contributed by atoms with Crippen molar-refractivity contribution in [3.05, 3.63) is 53.5 Å². The molecule has 0 saturated heterocycles. The van der Waals surface area contributed by atoms with Crippen molar-refractivity contribution < 1.29 is 9.18 Å². The van der Waals surface area contributed by atoms with E-state index >= 15 is 0 Å². The number of nitrogens with two attached hydrogens (primary N) is 1. The standard InChI is InChI=1S/C13H12FN3O/c1-8-5-6-9(7-10(8)15)13(18)17-12-4-2-3-11(14)16-12/h2-7H,15H2,1H3,(H,16,17,18). The molecule has 0 saturated carbocycles. The highest BCUT2D eigenvalue weighted by atomic mass is 19.1. The highest BCUT2D eigenvalue weighted by Gasteiger charge is 2.08. The molecule has 0 aliphatic carbocycles. The number of carbonyl (C=O) groups is 1. The second kappa shape index (κ2) is 4.83. The Balaban J connectivity index is 2.19. The predicted octanol–water partition coefficient (Wildman–Crippen LogP) is 2.36. The number of carbonyl (C=O) groups excluding carboxylic acids is 1. The second-order valence-electron chi connectivity index (χ2n) is 3.87. The van der Waals surface area contributed by atoms with Crippen molar-refractivity contribution in [1.29, 1.82) is 0 Å². The lowest BCUT2D eigenvalue weighted by atomic mass is 10.1. The number of nitrogens with zero attached hydrogens (tertiary/aromatic N) is 1. The maximum Gasteiger partial charge on any atom is 0.256 e. The minimum absolute atomic E-state index is 0.166. The number of nitrogen functional groups attached to an aromatic ring is 1. The molecule has 5 heteroatoms. The van der Waals surface area contributed by atoms with Crippen molar-refractivity contribution in [3.63, 3.8) is 0 Å². The molecule has 1 amide bonds. The van der Waals surface area contributed by atoms with Gasteiger partial charge in [-0.2, -0.15) is 4.39 Å². The molecule has 1 heterocycles. The normalized spacial score (nSPS) is 10.1. The number of hydrogen-bond donors (Lipinski definition) is 2. The van der Waals surface area contributed by atoms with Crippen LogP contribution in [0.5, 0.6) is 0 Å². The molecule has 0 radical (unpaired) electrons. The van der Waals surface area contributed by atoms with E-state index in [1.807, 2.05) is 6.92 Å². The zero-order valence-corrected chi connectivity index (χ0v) is 9.77. The molecule has 0 atom stereocenters. The van der Waals surface area contributed by atoms with E-state index in [0.717, 1.165) is 5.56 Å². The largest absolute Gasteiger partial charge is 0.398 e. The van der Waals surface area contributed by atoms with Crippen LogP contribution in [0.15, 0.2) is 36.4 Å². The number of pyridine rings is 1. The highest BCUT2D eigenvalue weighted by molar-refractivity contribution is 6.04. The maximum atomic E-state index is 12.9. The van der Waals surface area contributed by atoms with Crippen LogP contribution in [0.4, 0.5) is 15.9 Å². The van der Waals surface area contributed by atoms with Gasteiger partial charge in [0.05, 0.1) is 0 Å². The summed E-state index contributed by atoms with van der Waals surface area (Å²) in [5.41, 5.74) is 7.56. The second-order valence-corrected chi connectivity index (χ2v) is 3.87. The number of nitrogens with one attached hydrogen (secondary N) is 1. The number of benzene rings is 1. The summed E-state index contributed by atoms with van der Waals surface area (Å²) < 4.78 is 12.9. The van der Waals surface area contributed by atoms with Crippen molar-refractivity contribution in [2.24, 2.45) is 0 Å². The average Bonchev–Trinajstić information content (AvgIpc) is 2.32. The Morgan fingerprint density at radius 1 is 1.33 bits per heavy atom. The summed E-state index contributed by atoms with van der Waals surface area (Å²) in [5, 5.41) is 2.50. The first kappa shape index (κ1) is 12.0. The molecule has 1 aromatic carbocycles. The molecule has 2 rings (SSSR count). The van der Waals surface area contributed by atoms with Crippen LogP contribution in [-0.2, 0) is 0 Å². The Morgan fingerprint density at radius 2 is 2.11 bits per heavy atom. The lowest BCUT2D eigenvalue weighted by Gasteiger charge is -2.06. The fraction of sp³-hybridized carbons (Fsp3) is 0.0769. The van der Waals surface area contributed by atoms with E-state index in [4.69, 9.17) is 5.73 Å². The molecule has 92 valence electrons. The number of halogens is 1. The van der Waals surface area contributed by atoms with E-state index in [9.17, 15) is 9.18 Å². The predicted molar refractivity (Wildman–Crippen MR) is 67.7 cm³/mol. The lowest BCUT2D eigenvalue weighted by Crippen LogP contribution is -2.13. The Bertz CT molecular complexity index is 599. The van der Waals surface area contributed by atoms with Gasteiger partial charge in [-0.25, -0.2) is 4.98 Å². The monoisotopic (exact) mass is 245 g/mol. The molecule has 0 aliphatic heterocycles. The van der Waals surface area contributed by atoms with Gasteiger partial charge in [0.25, 0.3) is 5.91 Å². The van der Waals surface area contributed by atoms with Gasteiger partial charge in [-0.3, -0.25) is 4.79 Å². The molecule has 0 fully saturated rings. The van der Waals surface area contributed by atoms with E-state index < -0.39 is 5.95 Å². The van der Waals surface area contributed by atoms with E-state index in [-0.39, 0.29) is 11.7 Å². The van der Waals surface area contributed by atoms with Crippen molar-refractivity contribution in [2.75, 3.05) is 11.1 Å². The molecular formula is C13H12FN3O. The molecule has 3 N–H and O–H groups in total. The number of aryl methyl sites for hydroxylation is 1. The molecule has 1 aromatic heterocycles. The first-order valence-electron chi connectivity index (χ1n) is 5.36. The van der Waals surface area contributed by atoms with E-state index in [1.54, 1.807) is 18.2 Å². The fourth-order valence-corrected chi connectivity index (χ4v) is 1.45. The maximum absolute atomic E-state index is 12.9. The summed E-state index contributed by atoms with van der Waals surface area (Å²) in [5.74, 6) is -0.852. The molecule has 18 heavy (non-hydrogen) atoms. The van der Waals surface area contributed by atoms with Crippen LogP contribution < -0.4 is 11.1 Å². The van der Waals surface area contributed by atoms with Crippen molar-refractivity contribution in [3.8, 4) is 0 Å². The average molecular weight is 245 g/mol. The minimum Gasteiger partial charge on any atom is -0.398 e. The third-order valence-corrected chi connectivity index (χ3v) is 2.50. The van der Waals surface area contributed by atoms with Crippen molar-refractivity contribution >= 4 is 17.4 Å². The van der Waals surface area contributed by atoms with E-state index in [0.29, 0.717) is 11.3 Å². The summed E-state index contributed by atoms with van der Waals surface area (Å²) in [6.45, 7) is 1.85. The van der Waals surface area contributed by atoms with Crippen LogP contribution in [0.3, 0.4) is 0 Å². The minimum atomic E-state index is -0.642. The quantitative estimate of drug-likeness (QED) is 0.630. The fourth-order valence-electron chi connectivity index (χ4n) is 1.45. The van der Waals surface area contributed by atoms with Crippen LogP contribution in [0.25, 0.3) is 0 Å². The zero-order chi connectivity index (χ0) is 13.1. The Hall–Kier alpha value is -2.43. The lowest BCUT2D eigenvalue weighted by molar-refractivity contribution is 0.102. The number of aromatic nitrogens is 1. The van der Waals surface area contributed by atoms with Gasteiger partial charge in [-0.1, -0.05) is 12.1 Å². The van der Waals surface area contributed by atoms with Gasteiger partial charge < -0.3 is 11.1 Å². The molecular weight excluding hydrogens is 233 g/mol. The van der Waals surface area contributed by atoms with Gasteiger partial charge in [0, 0.05) is 11.3 Å². The summed E-state index contributed by atoms with van der Waals surface area (Å²) >= 11 is 0. The first-order valence-corrected chi connectivity index (χ1v) is 5.36. The number of rotatable bonds is 2. The van der Waals surface area contributed by atoms with Gasteiger partial charge in [0.2, 0.25) is 5.95 Å². The molecule has 4 nitrogen and oxygen atoms in total. The van der Waals surface area contributed by atoms with Crippen LogP contribution in [0.1, 0.15) is 15.9 Å². The summed E-state index contributed by atoms with van der Waals surface area (Å²) in [4.78, 5) is 15.4. The van der Waals surface area contributed by atoms with Gasteiger partial charge >= 0.3 is 0 Å². The van der Waals surface area contributed by atoms with Gasteiger partial charge in [-0.05, 0) is 36.8 Å². The SMILES string of the molecule is Cc1ccc(C(=O)Nc2cccc(F)n2)cc1N. The third-order valence-electron chi connectivity index (χ3n) is 2.50. The summed E-state index contributed by atoms with van der Waals surface area (Å²) in [6, 6.07) is 9.17. The number of anilines is 2. The zero-order valence-electron chi connectivity index (χ0n) is 9.77. The van der Waals surface area contributed by atoms with Crippen molar-refractivity contribution in [2.45, 2.75) is 6.92 Å². The number of amides is 1. The van der Waals surface area contributed by atoms with Crippen LogP contribution in [-0.4, -0.2) is 10.9 Å². The topological polar surface area (TPSA) is 68.0 Å². The van der Waals surface area contributed by atoms with E-state index in [1.165, 1.54) is 18.2 Å². The number of hydrogen-bond acceptors (Lipinski definition) is 3. The molecule has 0 bridgehead atoms. The van der Waals surface area contributed by atoms with Gasteiger partial charge in [0.15, 0.2) is 0 Å². The van der Waals surface area contributed by atoms with Gasteiger partial charge in [0.1, 0.15) is 5.82 Å². The molecule has 0 unspecified atom stereocenters. The van der Waals surface area contributed by atoms with Crippen LogP contribution in [0, 0.1) is 12.9 Å². The summed E-state index contributed by atoms with van der Waals surface area (Å²) in [6.07, 6.45) is 0. The highest BCUT2D eigenvalue weighted by Crippen LogP contribution is 2.14. The summed E-state index contributed by atoms with van der Waals surface area (Å²) in [7, 11) is 0. The molecule has 2 aromatic rings. The van der Waals surface area contributed by atoms with Crippen LogP contribution in [0.2, 0.25) is 0 Å². The molecule has 0 spiro atoms. The Kier molecular flexibility index (Phi) is 3.23. The third kappa shape index (κ3) is 2.63. The Morgan fingerprint density at radius 3 is 2.78 bits per heavy atom. The van der Waals surface area contributed by atoms with Crippen LogP contribution >= 0.6 is 0 Å². The van der Waals surface area contributed by atoms with E-state index in [2.05, 4.69) is 10.3 Å². The first-order chi connectivity index (χ1) is 8.56. The Labute approximate surface area is 104 Å². The smallest absolute Gasteiger partial charge is 0.256 e. The van der Waals surface area contributed by atoms with Gasteiger partial charge in [-0.15, -0.1) is 0 Å². The molecule has 0 aliphatic rings.